The van der Waals surface area contributed by atoms with E-state index in [1.54, 1.807) is 14.2 Å². The van der Waals surface area contributed by atoms with Crippen molar-refractivity contribution in [2.45, 2.75) is 50.4 Å². The van der Waals surface area contributed by atoms with Crippen molar-refractivity contribution in [3.8, 4) is 11.5 Å². The van der Waals surface area contributed by atoms with Crippen LogP contribution in [0.3, 0.4) is 0 Å². The van der Waals surface area contributed by atoms with Gasteiger partial charge in [0.15, 0.2) is 11.5 Å². The number of hydrogen-bond acceptors (Lipinski definition) is 4. The predicted octanol–water partition coefficient (Wildman–Crippen LogP) is 4.17. The molecule has 138 valence electrons. The lowest BCUT2D eigenvalue weighted by molar-refractivity contribution is 0.239. The highest BCUT2D eigenvalue weighted by molar-refractivity contribution is 6.70. The summed E-state index contributed by atoms with van der Waals surface area (Å²) < 4.78 is 17.3. The summed E-state index contributed by atoms with van der Waals surface area (Å²) in [7, 11) is 4.05. The van der Waals surface area contributed by atoms with Crippen LogP contribution in [-0.4, -0.2) is 47.1 Å². The van der Waals surface area contributed by atoms with Crippen LogP contribution in [0.2, 0.25) is 19.6 Å². The molecule has 0 aromatic heterocycles. The predicted molar refractivity (Wildman–Crippen MR) is 104 cm³/mol. The van der Waals surface area contributed by atoms with E-state index in [4.69, 9.17) is 13.9 Å². The van der Waals surface area contributed by atoms with Gasteiger partial charge in [-0.2, -0.15) is 0 Å². The summed E-state index contributed by atoms with van der Waals surface area (Å²) in [5, 5.41) is 0. The number of allylic oxidation sites excluding steroid dienone is 1. The fraction of sp³-hybridized carbons (Fsp3) is 0.600. The molecule has 1 aliphatic carbocycles. The molecule has 1 saturated heterocycles. The maximum atomic E-state index is 6.33. The molecule has 1 aromatic carbocycles. The number of rotatable bonds is 5. The summed E-state index contributed by atoms with van der Waals surface area (Å²) in [6.45, 7) is 7.86. The average molecular weight is 362 g/mol. The van der Waals surface area contributed by atoms with Gasteiger partial charge in [0.25, 0.3) is 0 Å². The van der Waals surface area contributed by atoms with Crippen molar-refractivity contribution in [1.82, 2.24) is 4.90 Å². The number of ether oxygens (including phenoxy) is 2. The van der Waals surface area contributed by atoms with Crippen LogP contribution in [0.5, 0.6) is 11.5 Å². The average Bonchev–Trinajstić information content (AvgIpc) is 2.91. The minimum absolute atomic E-state index is 0.139. The van der Waals surface area contributed by atoms with Crippen LogP contribution in [-0.2, 0) is 9.84 Å². The van der Waals surface area contributed by atoms with E-state index in [-0.39, 0.29) is 5.41 Å². The van der Waals surface area contributed by atoms with Gasteiger partial charge in [0, 0.05) is 17.9 Å². The lowest BCUT2D eigenvalue weighted by Gasteiger charge is -2.41. The second kappa shape index (κ2) is 6.69. The van der Waals surface area contributed by atoms with Crippen molar-refractivity contribution in [3.63, 3.8) is 0 Å². The second-order valence-electron chi connectivity index (χ2n) is 8.25. The molecular weight excluding hydrogens is 330 g/mol. The lowest BCUT2D eigenvalue weighted by Crippen LogP contribution is -2.43. The first-order valence-corrected chi connectivity index (χ1v) is 12.5. The van der Waals surface area contributed by atoms with Gasteiger partial charge in [0.1, 0.15) is 0 Å². The Morgan fingerprint density at radius 2 is 1.80 bits per heavy atom. The third kappa shape index (κ3) is 3.44. The zero-order valence-corrected chi connectivity index (χ0v) is 17.4. The number of fused-ring (bicyclic) bond motifs is 1. The Morgan fingerprint density at radius 1 is 1.08 bits per heavy atom. The number of likely N-dealkylation sites (tertiary alicyclic amines) is 1. The maximum absolute atomic E-state index is 6.33. The molecule has 1 heterocycles. The molecule has 1 fully saturated rings. The van der Waals surface area contributed by atoms with Crippen LogP contribution in [0, 0.1) is 0 Å². The number of benzene rings is 1. The molecule has 1 aromatic rings. The van der Waals surface area contributed by atoms with Crippen molar-refractivity contribution < 1.29 is 13.9 Å². The summed E-state index contributed by atoms with van der Waals surface area (Å²) in [4.78, 5) is 2.46. The van der Waals surface area contributed by atoms with E-state index in [2.05, 4.69) is 49.8 Å². The number of hydrogen-bond donors (Lipinski definition) is 0. The first-order valence-electron chi connectivity index (χ1n) is 9.11. The highest BCUT2D eigenvalue weighted by atomic mass is 28.4. The van der Waals surface area contributed by atoms with Gasteiger partial charge in [-0.05, 0) is 69.8 Å². The smallest absolute Gasteiger partial charge is 0.241 e. The van der Waals surface area contributed by atoms with Crippen LogP contribution in [0.4, 0.5) is 0 Å². The molecule has 0 amide bonds. The molecule has 0 saturated carbocycles. The van der Waals surface area contributed by atoms with Gasteiger partial charge in [0.05, 0.1) is 20.0 Å². The molecule has 2 atom stereocenters. The minimum Gasteiger partial charge on any atom is -0.548 e. The van der Waals surface area contributed by atoms with E-state index < -0.39 is 8.32 Å². The molecule has 0 bridgehead atoms. The van der Waals surface area contributed by atoms with Gasteiger partial charge >= 0.3 is 0 Å². The first kappa shape index (κ1) is 18.3. The van der Waals surface area contributed by atoms with Crippen LogP contribution in [0.1, 0.15) is 24.8 Å². The van der Waals surface area contributed by atoms with E-state index in [0.717, 1.165) is 30.9 Å². The van der Waals surface area contributed by atoms with Gasteiger partial charge < -0.3 is 13.9 Å². The Labute approximate surface area is 152 Å². The lowest BCUT2D eigenvalue weighted by atomic mass is 9.68. The van der Waals surface area contributed by atoms with Crippen LogP contribution in [0.25, 0.3) is 0 Å². The van der Waals surface area contributed by atoms with Crippen molar-refractivity contribution in [2.24, 2.45) is 0 Å². The maximum Gasteiger partial charge on any atom is 0.241 e. The summed E-state index contributed by atoms with van der Waals surface area (Å²) in [5.41, 5.74) is 1.49. The van der Waals surface area contributed by atoms with E-state index in [0.29, 0.717) is 6.04 Å². The van der Waals surface area contributed by atoms with Crippen molar-refractivity contribution in [1.29, 1.82) is 0 Å². The monoisotopic (exact) mass is 361 g/mol. The van der Waals surface area contributed by atoms with E-state index in [1.807, 2.05) is 6.07 Å². The SMILES string of the molecule is COc1ccc([C@@]23CCC(O[Si](C)(C)C)=C[C@@H]2N(C)CC3)cc1OC. The third-order valence-electron chi connectivity index (χ3n) is 5.51. The highest BCUT2D eigenvalue weighted by Gasteiger charge is 2.48. The molecule has 1 aliphatic heterocycles. The van der Waals surface area contributed by atoms with E-state index in [1.165, 1.54) is 17.7 Å². The number of likely N-dealkylation sites (N-methyl/N-ethyl adjacent to an activating group) is 1. The van der Waals surface area contributed by atoms with Crippen LogP contribution < -0.4 is 9.47 Å². The molecule has 0 unspecified atom stereocenters. The Kier molecular flexibility index (Phi) is 4.90. The van der Waals surface area contributed by atoms with Gasteiger partial charge in [0.2, 0.25) is 8.32 Å². The zero-order chi connectivity index (χ0) is 18.2. The topological polar surface area (TPSA) is 30.9 Å². The normalized spacial score (nSPS) is 26.8. The number of methoxy groups -OCH3 is 2. The van der Waals surface area contributed by atoms with E-state index in [9.17, 15) is 0 Å². The highest BCUT2D eigenvalue weighted by Crippen LogP contribution is 2.49. The Bertz CT molecular complexity index is 667. The summed E-state index contributed by atoms with van der Waals surface area (Å²) in [6.07, 6.45) is 5.68. The molecule has 2 aliphatic rings. The Hall–Kier alpha value is -1.46. The summed E-state index contributed by atoms with van der Waals surface area (Å²) in [6, 6.07) is 6.80. The molecule has 0 spiro atoms. The molecule has 25 heavy (non-hydrogen) atoms. The first-order chi connectivity index (χ1) is 11.8. The molecule has 5 heteroatoms. The molecule has 0 radical (unpaired) electrons. The second-order valence-corrected chi connectivity index (χ2v) is 12.7. The van der Waals surface area contributed by atoms with Crippen molar-refractivity contribution in [3.05, 3.63) is 35.6 Å². The van der Waals surface area contributed by atoms with Crippen molar-refractivity contribution >= 4 is 8.32 Å². The fourth-order valence-corrected chi connectivity index (χ4v) is 5.29. The van der Waals surface area contributed by atoms with E-state index >= 15 is 0 Å². The standard InChI is InChI=1S/C20H31NO3Si/c1-21-12-11-20(15-7-8-17(22-2)18(13-15)23-3)10-9-16(14-19(20)21)24-25(4,5)6/h7-8,13-14,19H,9-12H2,1-6H3/t19-,20-/m0/s1. The summed E-state index contributed by atoms with van der Waals surface area (Å²) >= 11 is 0. The molecule has 4 nitrogen and oxygen atoms in total. The van der Waals surface area contributed by atoms with Gasteiger partial charge in [-0.1, -0.05) is 6.07 Å². The van der Waals surface area contributed by atoms with Crippen LogP contribution >= 0.6 is 0 Å². The Balaban J connectivity index is 1.98. The number of nitrogens with zero attached hydrogens (tertiary/aromatic N) is 1. The Morgan fingerprint density at radius 3 is 2.44 bits per heavy atom. The zero-order valence-electron chi connectivity index (χ0n) is 16.4. The largest absolute Gasteiger partial charge is 0.548 e. The van der Waals surface area contributed by atoms with Crippen LogP contribution in [0.15, 0.2) is 30.0 Å². The summed E-state index contributed by atoms with van der Waals surface area (Å²) in [5.74, 6) is 2.80. The quantitative estimate of drug-likeness (QED) is 0.736. The van der Waals surface area contributed by atoms with Crippen molar-refractivity contribution in [2.75, 3.05) is 27.8 Å². The third-order valence-corrected chi connectivity index (χ3v) is 6.38. The van der Waals surface area contributed by atoms with Gasteiger partial charge in [-0.3, -0.25) is 4.90 Å². The molecule has 3 rings (SSSR count). The fourth-order valence-electron chi connectivity index (χ4n) is 4.33. The molecular formula is C20H31NO3Si. The van der Waals surface area contributed by atoms with Gasteiger partial charge in [-0.15, -0.1) is 0 Å². The molecule has 0 N–H and O–H groups in total. The minimum atomic E-state index is -1.56. The van der Waals surface area contributed by atoms with Gasteiger partial charge in [-0.25, -0.2) is 0 Å².